The maximum atomic E-state index is 12.5. The fourth-order valence-corrected chi connectivity index (χ4v) is 4.13. The molecule has 2 aliphatic rings. The fraction of sp³-hybridized carbons (Fsp3) is 0.217. The van der Waals surface area contributed by atoms with Gasteiger partial charge in [-0.3, -0.25) is 0 Å². The fourth-order valence-electron chi connectivity index (χ4n) is 4.13. The van der Waals surface area contributed by atoms with Crippen LogP contribution in [0.15, 0.2) is 60.8 Å². The summed E-state index contributed by atoms with van der Waals surface area (Å²) in [5.74, 6) is -0.852. The molecule has 0 radical (unpaired) electrons. The maximum absolute atomic E-state index is 12.5. The number of benzene rings is 2. The molecule has 1 fully saturated rings. The van der Waals surface area contributed by atoms with Crippen LogP contribution >= 0.6 is 0 Å². The summed E-state index contributed by atoms with van der Waals surface area (Å²) in [6, 6.07) is 17.7. The number of carboxylic acids is 1. The third-order valence-corrected chi connectivity index (χ3v) is 5.68. The molecule has 0 spiro atoms. The van der Waals surface area contributed by atoms with Gasteiger partial charge in [0.1, 0.15) is 6.61 Å². The first-order chi connectivity index (χ1) is 15.1. The number of rotatable bonds is 5. The Morgan fingerprint density at radius 2 is 1.68 bits per heavy atom. The van der Waals surface area contributed by atoms with Crippen LogP contribution in [0.3, 0.4) is 0 Å². The summed E-state index contributed by atoms with van der Waals surface area (Å²) in [5.41, 5.74) is 4.65. The zero-order chi connectivity index (χ0) is 21.4. The molecule has 1 aromatic heterocycles. The number of nitrogens with zero attached hydrogens (tertiary/aromatic N) is 3. The minimum atomic E-state index is -1.11. The highest BCUT2D eigenvalue weighted by Crippen LogP contribution is 2.44. The van der Waals surface area contributed by atoms with E-state index >= 15 is 0 Å². The Balaban J connectivity index is 1.18. The summed E-state index contributed by atoms with van der Waals surface area (Å²) < 4.78 is 5.64. The average molecular weight is 416 g/mol. The second-order valence-corrected chi connectivity index (χ2v) is 7.62. The number of carboxylic acid groups (broad SMARTS) is 1. The number of carbonyl (C=O) groups is 2. The molecule has 2 N–H and O–H groups in total. The Morgan fingerprint density at radius 1 is 1.03 bits per heavy atom. The van der Waals surface area contributed by atoms with Gasteiger partial charge in [0.2, 0.25) is 5.95 Å². The number of fused-ring (bicyclic) bond motifs is 3. The number of amides is 1. The van der Waals surface area contributed by atoms with E-state index in [4.69, 9.17) is 9.84 Å². The Labute approximate surface area is 178 Å². The average Bonchev–Trinajstić information content (AvgIpc) is 3.08. The van der Waals surface area contributed by atoms with Crippen LogP contribution in [-0.4, -0.2) is 57.8 Å². The molecule has 8 nitrogen and oxygen atoms in total. The number of anilines is 1. The van der Waals surface area contributed by atoms with Crippen molar-refractivity contribution < 1.29 is 19.4 Å². The first-order valence-corrected chi connectivity index (χ1v) is 10.0. The molecule has 156 valence electrons. The predicted octanol–water partition coefficient (Wildman–Crippen LogP) is 3.22. The molecule has 0 bridgehead atoms. The van der Waals surface area contributed by atoms with E-state index < -0.39 is 5.97 Å². The van der Waals surface area contributed by atoms with E-state index in [1.54, 1.807) is 4.90 Å². The second-order valence-electron chi connectivity index (χ2n) is 7.62. The highest BCUT2D eigenvalue weighted by Gasteiger charge is 2.34. The lowest BCUT2D eigenvalue weighted by atomic mass is 9.98. The molecule has 0 unspecified atom stereocenters. The van der Waals surface area contributed by atoms with Gasteiger partial charge < -0.3 is 20.1 Å². The first kappa shape index (κ1) is 19.0. The van der Waals surface area contributed by atoms with E-state index in [-0.39, 0.29) is 36.3 Å². The van der Waals surface area contributed by atoms with Gasteiger partial charge in [-0.25, -0.2) is 19.6 Å². The molecule has 31 heavy (non-hydrogen) atoms. The quantitative estimate of drug-likeness (QED) is 0.658. The number of likely N-dealkylation sites (tertiary alicyclic amines) is 1. The molecule has 2 heterocycles. The van der Waals surface area contributed by atoms with Crippen LogP contribution in [0.2, 0.25) is 0 Å². The van der Waals surface area contributed by atoms with E-state index in [1.807, 2.05) is 24.3 Å². The summed E-state index contributed by atoms with van der Waals surface area (Å²) in [7, 11) is 0. The zero-order valence-corrected chi connectivity index (χ0v) is 16.6. The molecule has 1 saturated heterocycles. The summed E-state index contributed by atoms with van der Waals surface area (Å²) in [6.07, 6.45) is 1.03. The lowest BCUT2D eigenvalue weighted by Crippen LogP contribution is -2.57. The molecule has 5 rings (SSSR count). The van der Waals surface area contributed by atoms with Gasteiger partial charge in [0.25, 0.3) is 0 Å². The summed E-state index contributed by atoms with van der Waals surface area (Å²) in [4.78, 5) is 33.1. The molecular formula is C23H20N4O4. The van der Waals surface area contributed by atoms with Crippen LogP contribution in [0.25, 0.3) is 11.1 Å². The molecule has 1 amide bonds. The highest BCUT2D eigenvalue weighted by molar-refractivity contribution is 5.85. The van der Waals surface area contributed by atoms with Crippen LogP contribution in [0, 0.1) is 0 Å². The van der Waals surface area contributed by atoms with Gasteiger partial charge in [0, 0.05) is 25.2 Å². The van der Waals surface area contributed by atoms with Crippen molar-refractivity contribution in [2.75, 3.05) is 25.0 Å². The number of nitrogens with one attached hydrogen (secondary N) is 1. The number of carbonyl (C=O) groups excluding carboxylic acids is 1. The van der Waals surface area contributed by atoms with Crippen molar-refractivity contribution in [3.63, 3.8) is 0 Å². The van der Waals surface area contributed by atoms with Gasteiger partial charge >= 0.3 is 12.1 Å². The minimum absolute atomic E-state index is 0.0266. The third-order valence-electron chi connectivity index (χ3n) is 5.68. The van der Waals surface area contributed by atoms with Crippen LogP contribution < -0.4 is 5.32 Å². The number of aromatic nitrogens is 2. The van der Waals surface area contributed by atoms with Gasteiger partial charge in [-0.2, -0.15) is 0 Å². The third kappa shape index (κ3) is 3.56. The molecule has 3 aromatic rings. The Kier molecular flexibility index (Phi) is 4.74. The van der Waals surface area contributed by atoms with Gasteiger partial charge in [-0.1, -0.05) is 48.5 Å². The standard InChI is InChI=1S/C23H20N4O4/c28-21(29)20-9-10-24-22(26-20)25-14-11-27(12-14)23(30)31-13-19-17-7-3-1-5-15(17)16-6-2-4-8-18(16)19/h1-10,14,19H,11-13H2,(H,28,29)(H,24,25,26). The topological polar surface area (TPSA) is 105 Å². The Morgan fingerprint density at radius 3 is 2.32 bits per heavy atom. The molecular weight excluding hydrogens is 396 g/mol. The van der Waals surface area contributed by atoms with Crippen molar-refractivity contribution in [3.8, 4) is 11.1 Å². The number of aromatic carboxylic acids is 1. The largest absolute Gasteiger partial charge is 0.477 e. The number of hydrogen-bond acceptors (Lipinski definition) is 6. The van der Waals surface area contributed by atoms with E-state index in [1.165, 1.54) is 34.5 Å². The lowest BCUT2D eigenvalue weighted by Gasteiger charge is -2.38. The van der Waals surface area contributed by atoms with Crippen LogP contribution in [0.4, 0.5) is 10.7 Å². The van der Waals surface area contributed by atoms with Crippen LogP contribution in [0.5, 0.6) is 0 Å². The Bertz CT molecular complexity index is 1110. The molecule has 0 atom stereocenters. The van der Waals surface area contributed by atoms with Crippen molar-refractivity contribution in [1.82, 2.24) is 14.9 Å². The lowest BCUT2D eigenvalue weighted by molar-refractivity contribution is 0.0690. The second kappa shape index (κ2) is 7.71. The zero-order valence-electron chi connectivity index (χ0n) is 16.6. The van der Waals surface area contributed by atoms with Crippen molar-refractivity contribution in [2.24, 2.45) is 0 Å². The molecule has 2 aromatic carbocycles. The molecule has 1 aliphatic carbocycles. The predicted molar refractivity (Wildman–Crippen MR) is 113 cm³/mol. The minimum Gasteiger partial charge on any atom is -0.477 e. The van der Waals surface area contributed by atoms with Gasteiger partial charge in [0.05, 0.1) is 6.04 Å². The van der Waals surface area contributed by atoms with E-state index in [0.717, 1.165) is 0 Å². The summed E-state index contributed by atoms with van der Waals surface area (Å²) >= 11 is 0. The van der Waals surface area contributed by atoms with E-state index in [9.17, 15) is 9.59 Å². The van der Waals surface area contributed by atoms with Crippen molar-refractivity contribution in [2.45, 2.75) is 12.0 Å². The SMILES string of the molecule is O=C(O)c1ccnc(NC2CN(C(=O)OCC3c4ccccc4-c4ccccc43)C2)n1. The Hall–Kier alpha value is -3.94. The highest BCUT2D eigenvalue weighted by atomic mass is 16.6. The van der Waals surface area contributed by atoms with E-state index in [2.05, 4.69) is 39.6 Å². The van der Waals surface area contributed by atoms with Gasteiger partial charge in [-0.15, -0.1) is 0 Å². The number of ether oxygens (including phenoxy) is 1. The first-order valence-electron chi connectivity index (χ1n) is 10.0. The summed E-state index contributed by atoms with van der Waals surface area (Å²) in [6.45, 7) is 1.17. The summed E-state index contributed by atoms with van der Waals surface area (Å²) in [5, 5.41) is 12.1. The number of hydrogen-bond donors (Lipinski definition) is 2. The van der Waals surface area contributed by atoms with E-state index in [0.29, 0.717) is 13.1 Å². The van der Waals surface area contributed by atoms with Crippen LogP contribution in [-0.2, 0) is 4.74 Å². The van der Waals surface area contributed by atoms with Gasteiger partial charge in [-0.05, 0) is 28.3 Å². The monoisotopic (exact) mass is 416 g/mol. The van der Waals surface area contributed by atoms with Crippen molar-refractivity contribution in [1.29, 1.82) is 0 Å². The van der Waals surface area contributed by atoms with Crippen molar-refractivity contribution in [3.05, 3.63) is 77.6 Å². The normalized spacial score (nSPS) is 15.0. The van der Waals surface area contributed by atoms with Crippen LogP contribution in [0.1, 0.15) is 27.5 Å². The van der Waals surface area contributed by atoms with Gasteiger partial charge in [0.15, 0.2) is 5.69 Å². The smallest absolute Gasteiger partial charge is 0.409 e. The van der Waals surface area contributed by atoms with Crippen molar-refractivity contribution >= 4 is 18.0 Å². The molecule has 1 aliphatic heterocycles. The maximum Gasteiger partial charge on any atom is 0.409 e. The molecule has 0 saturated carbocycles. The molecule has 8 heteroatoms.